The second-order valence-corrected chi connectivity index (χ2v) is 11.6. The molecule has 1 aromatic heterocycles. The van der Waals surface area contributed by atoms with Crippen LogP contribution in [0.5, 0.6) is 0 Å². The van der Waals surface area contributed by atoms with Gasteiger partial charge in [0.2, 0.25) is 5.95 Å². The van der Waals surface area contributed by atoms with Crippen molar-refractivity contribution < 1.29 is 41.4 Å². The molecule has 0 atom stereocenters. The van der Waals surface area contributed by atoms with Crippen LogP contribution in [0.3, 0.4) is 0 Å². The van der Waals surface area contributed by atoms with Gasteiger partial charge in [0.15, 0.2) is 5.82 Å². The van der Waals surface area contributed by atoms with Crippen LogP contribution in [0.2, 0.25) is 0 Å². The number of urea groups is 1. The molecule has 3 amide bonds. The van der Waals surface area contributed by atoms with Crippen LogP contribution in [0.25, 0.3) is 11.3 Å². The molecule has 1 saturated heterocycles. The SMILES string of the molecule is Cc1ccc(C(=O)NC(C)C)cc1-c1nc(NCCN2CCCCC2)nc2c1CNC(=O)N2c1c(F)cccc1F.O=C(O)C(F)(F)F. The Hall–Kier alpha value is -4.86. The number of aryl methyl sites for hydroxylation is 1. The summed E-state index contributed by atoms with van der Waals surface area (Å²) in [5, 5.41) is 16.0. The number of carboxylic acid groups (broad SMARTS) is 1. The quantitative estimate of drug-likeness (QED) is 0.221. The van der Waals surface area contributed by atoms with Gasteiger partial charge in [-0.15, -0.1) is 0 Å². The van der Waals surface area contributed by atoms with E-state index in [9.17, 15) is 31.5 Å². The Morgan fingerprint density at radius 2 is 1.69 bits per heavy atom. The average molecular weight is 678 g/mol. The van der Waals surface area contributed by atoms with Crippen molar-refractivity contribution in [3.8, 4) is 11.3 Å². The van der Waals surface area contributed by atoms with E-state index in [1.807, 2.05) is 26.8 Å². The molecule has 0 aliphatic carbocycles. The Bertz CT molecular complexity index is 1640. The van der Waals surface area contributed by atoms with Crippen molar-refractivity contribution in [2.75, 3.05) is 36.4 Å². The molecular weight excluding hydrogens is 641 g/mol. The first-order valence-corrected chi connectivity index (χ1v) is 15.3. The number of carbonyl (C=O) groups is 3. The van der Waals surface area contributed by atoms with Crippen LogP contribution in [0.1, 0.15) is 54.6 Å². The normalized spacial score (nSPS) is 14.9. The van der Waals surface area contributed by atoms with Crippen molar-refractivity contribution in [1.82, 2.24) is 25.5 Å². The van der Waals surface area contributed by atoms with E-state index in [-0.39, 0.29) is 30.3 Å². The lowest BCUT2D eigenvalue weighted by atomic mass is 9.97. The van der Waals surface area contributed by atoms with E-state index in [0.29, 0.717) is 28.9 Å². The van der Waals surface area contributed by atoms with Gasteiger partial charge in [-0.1, -0.05) is 18.6 Å². The van der Waals surface area contributed by atoms with Gasteiger partial charge in [-0.25, -0.2) is 28.3 Å². The molecule has 0 spiro atoms. The molecular formula is C32H36F5N7O4. The number of hydrogen-bond acceptors (Lipinski definition) is 7. The summed E-state index contributed by atoms with van der Waals surface area (Å²) < 4.78 is 61.7. The summed E-state index contributed by atoms with van der Waals surface area (Å²) in [4.78, 5) is 47.6. The van der Waals surface area contributed by atoms with Crippen molar-refractivity contribution in [3.05, 3.63) is 64.7 Å². The summed E-state index contributed by atoms with van der Waals surface area (Å²) in [6.07, 6.45) is -1.52. The van der Waals surface area contributed by atoms with Crippen LogP contribution >= 0.6 is 0 Å². The molecule has 5 rings (SSSR count). The molecule has 0 radical (unpaired) electrons. The molecule has 2 aliphatic heterocycles. The number of carboxylic acids is 1. The summed E-state index contributed by atoms with van der Waals surface area (Å²) in [7, 11) is 0. The van der Waals surface area contributed by atoms with Crippen LogP contribution in [-0.2, 0) is 11.3 Å². The van der Waals surface area contributed by atoms with E-state index in [1.54, 1.807) is 12.1 Å². The minimum Gasteiger partial charge on any atom is -0.475 e. The second kappa shape index (κ2) is 15.4. The number of para-hydroxylation sites is 1. The first-order chi connectivity index (χ1) is 22.7. The number of carbonyl (C=O) groups excluding carboxylic acids is 2. The van der Waals surface area contributed by atoms with Gasteiger partial charge in [0.1, 0.15) is 17.3 Å². The third kappa shape index (κ3) is 8.73. The molecule has 0 bridgehead atoms. The standard InChI is InChI=1S/C30H35F2N7O2.C2HF3O2/c1-18(2)35-28(40)20-11-10-19(3)21(16-20)25-22-17-34-30(41)39(26-23(31)8-7-9-24(26)32)27(22)37-29(36-25)33-12-15-38-13-5-4-6-14-38;3-2(4,5)1(6)7/h7-11,16,18H,4-6,12-15,17H2,1-3H3,(H,34,41)(H,35,40)(H,33,36,37);(H,6,7). The predicted octanol–water partition coefficient (Wildman–Crippen LogP) is 5.76. The third-order valence-corrected chi connectivity index (χ3v) is 7.55. The summed E-state index contributed by atoms with van der Waals surface area (Å²) >= 11 is 0. The van der Waals surface area contributed by atoms with E-state index in [1.165, 1.54) is 12.5 Å². The lowest BCUT2D eigenvalue weighted by molar-refractivity contribution is -0.192. The number of likely N-dealkylation sites (tertiary alicyclic amines) is 1. The number of anilines is 3. The maximum atomic E-state index is 15.0. The van der Waals surface area contributed by atoms with E-state index >= 15 is 0 Å². The number of hydrogen-bond donors (Lipinski definition) is 4. The van der Waals surface area contributed by atoms with Crippen LogP contribution in [0.15, 0.2) is 36.4 Å². The van der Waals surface area contributed by atoms with Gasteiger partial charge in [-0.3, -0.25) is 4.79 Å². The Labute approximate surface area is 273 Å². The largest absolute Gasteiger partial charge is 0.490 e. The van der Waals surface area contributed by atoms with E-state index in [2.05, 4.69) is 25.8 Å². The third-order valence-electron chi connectivity index (χ3n) is 7.55. The van der Waals surface area contributed by atoms with Crippen molar-refractivity contribution in [2.24, 2.45) is 0 Å². The molecule has 0 saturated carbocycles. The van der Waals surface area contributed by atoms with Gasteiger partial charge in [-0.2, -0.15) is 18.2 Å². The first-order valence-electron chi connectivity index (χ1n) is 15.3. The Morgan fingerprint density at radius 3 is 2.29 bits per heavy atom. The molecule has 16 heteroatoms. The van der Waals surface area contributed by atoms with E-state index in [4.69, 9.17) is 14.9 Å². The Morgan fingerprint density at radius 1 is 1.04 bits per heavy atom. The number of nitrogens with one attached hydrogen (secondary N) is 3. The zero-order valence-electron chi connectivity index (χ0n) is 26.5. The minimum atomic E-state index is -5.08. The number of alkyl halides is 3. The number of piperidine rings is 1. The zero-order valence-corrected chi connectivity index (χ0v) is 26.5. The lowest BCUT2D eigenvalue weighted by Gasteiger charge is -2.31. The summed E-state index contributed by atoms with van der Waals surface area (Å²) in [6, 6.07) is 8.01. The fourth-order valence-electron chi connectivity index (χ4n) is 5.24. The topological polar surface area (TPSA) is 140 Å². The second-order valence-electron chi connectivity index (χ2n) is 11.6. The van der Waals surface area contributed by atoms with Gasteiger partial charge in [0.05, 0.1) is 12.2 Å². The number of aromatic nitrogens is 2. The molecule has 48 heavy (non-hydrogen) atoms. The monoisotopic (exact) mass is 677 g/mol. The fraction of sp³-hybridized carbons (Fsp3) is 0.406. The number of benzene rings is 2. The number of aliphatic carboxylic acids is 1. The summed E-state index contributed by atoms with van der Waals surface area (Å²) in [5.41, 5.74) is 2.38. The molecule has 4 N–H and O–H groups in total. The van der Waals surface area contributed by atoms with E-state index in [0.717, 1.165) is 55.1 Å². The molecule has 2 aliphatic rings. The fourth-order valence-corrected chi connectivity index (χ4v) is 5.24. The molecule has 1 fully saturated rings. The highest BCUT2D eigenvalue weighted by molar-refractivity contribution is 6.02. The van der Waals surface area contributed by atoms with Crippen LogP contribution < -0.4 is 20.9 Å². The van der Waals surface area contributed by atoms with E-state index < -0.39 is 35.5 Å². The number of rotatable bonds is 8. The van der Waals surface area contributed by atoms with Crippen LogP contribution in [-0.4, -0.2) is 76.3 Å². The predicted molar refractivity (Wildman–Crippen MR) is 168 cm³/mol. The number of fused-ring (bicyclic) bond motifs is 1. The number of nitrogens with zero attached hydrogens (tertiary/aromatic N) is 4. The van der Waals surface area contributed by atoms with Crippen molar-refractivity contribution in [1.29, 1.82) is 0 Å². The van der Waals surface area contributed by atoms with Gasteiger partial charge in [-0.05, 0) is 76.5 Å². The summed E-state index contributed by atoms with van der Waals surface area (Å²) in [6.45, 7) is 9.11. The van der Waals surface area contributed by atoms with Crippen molar-refractivity contribution in [3.63, 3.8) is 0 Å². The van der Waals surface area contributed by atoms with Crippen LogP contribution in [0.4, 0.5) is 44.2 Å². The van der Waals surface area contributed by atoms with Gasteiger partial charge < -0.3 is 26.0 Å². The minimum absolute atomic E-state index is 0.0470. The molecule has 3 aromatic rings. The highest BCUT2D eigenvalue weighted by Crippen LogP contribution is 2.39. The van der Waals surface area contributed by atoms with Gasteiger partial charge >= 0.3 is 18.2 Å². The highest BCUT2D eigenvalue weighted by atomic mass is 19.4. The van der Waals surface area contributed by atoms with Gasteiger partial charge in [0, 0.05) is 35.8 Å². The lowest BCUT2D eigenvalue weighted by Crippen LogP contribution is -2.43. The number of amides is 3. The maximum Gasteiger partial charge on any atom is 0.490 e. The molecule has 258 valence electrons. The maximum absolute atomic E-state index is 15.0. The molecule has 2 aromatic carbocycles. The molecule has 11 nitrogen and oxygen atoms in total. The Kier molecular flexibility index (Phi) is 11.5. The number of halogens is 5. The first kappa shape index (κ1) is 36.0. The zero-order chi connectivity index (χ0) is 35.2. The van der Waals surface area contributed by atoms with Gasteiger partial charge in [0.25, 0.3) is 5.91 Å². The average Bonchev–Trinajstić information content (AvgIpc) is 3.02. The highest BCUT2D eigenvalue weighted by Gasteiger charge is 2.38. The molecule has 3 heterocycles. The van der Waals surface area contributed by atoms with Crippen LogP contribution in [0, 0.1) is 18.6 Å². The smallest absolute Gasteiger partial charge is 0.475 e. The summed E-state index contributed by atoms with van der Waals surface area (Å²) in [5.74, 6) is -4.46. The van der Waals surface area contributed by atoms with Crippen molar-refractivity contribution in [2.45, 2.75) is 58.8 Å². The Balaban J connectivity index is 0.000000671. The molecule has 0 unspecified atom stereocenters. The van der Waals surface area contributed by atoms with Crippen molar-refractivity contribution >= 4 is 35.4 Å².